The molecule has 1 fully saturated rings. The highest BCUT2D eigenvalue weighted by Crippen LogP contribution is 2.30. The van der Waals surface area contributed by atoms with E-state index < -0.39 is 0 Å². The summed E-state index contributed by atoms with van der Waals surface area (Å²) in [5.41, 5.74) is 3.58. The van der Waals surface area contributed by atoms with Gasteiger partial charge in [-0.15, -0.1) is 0 Å². The minimum atomic E-state index is -0.104. The minimum absolute atomic E-state index is 0.0570. The van der Waals surface area contributed by atoms with Crippen LogP contribution in [0.5, 0.6) is 0 Å². The third-order valence-corrected chi connectivity index (χ3v) is 6.80. The molecule has 2 aromatic carbocycles. The van der Waals surface area contributed by atoms with Crippen LogP contribution in [0.1, 0.15) is 37.7 Å². The van der Waals surface area contributed by atoms with Crippen LogP contribution in [0.4, 0.5) is 11.4 Å². The molecular weight excluding hydrogens is 412 g/mol. The van der Waals surface area contributed by atoms with Crippen LogP contribution in [0, 0.1) is 17.2 Å². The number of rotatable bonds is 8. The van der Waals surface area contributed by atoms with Crippen LogP contribution in [0.2, 0.25) is 0 Å². The molecule has 0 saturated carbocycles. The van der Waals surface area contributed by atoms with Crippen molar-refractivity contribution < 1.29 is 9.59 Å². The van der Waals surface area contributed by atoms with Crippen molar-refractivity contribution in [3.8, 4) is 6.07 Å². The molecular formula is C27H32N4O2. The Morgan fingerprint density at radius 2 is 1.70 bits per heavy atom. The summed E-state index contributed by atoms with van der Waals surface area (Å²) < 4.78 is 0. The molecule has 6 heteroatoms. The lowest BCUT2D eigenvalue weighted by Crippen LogP contribution is -2.42. The smallest absolute Gasteiger partial charge is 0.227 e. The summed E-state index contributed by atoms with van der Waals surface area (Å²) in [6, 6.07) is 20.1. The molecule has 0 N–H and O–H groups in total. The van der Waals surface area contributed by atoms with E-state index in [4.69, 9.17) is 5.26 Å². The monoisotopic (exact) mass is 444 g/mol. The lowest BCUT2D eigenvalue weighted by atomic mass is 9.95. The van der Waals surface area contributed by atoms with Crippen molar-refractivity contribution in [1.82, 2.24) is 4.90 Å². The molecule has 0 radical (unpaired) electrons. The Hall–Kier alpha value is -3.33. The van der Waals surface area contributed by atoms with Gasteiger partial charge in [0, 0.05) is 56.9 Å². The molecule has 2 aliphatic rings. The molecule has 0 aromatic heterocycles. The Balaban J connectivity index is 1.23. The van der Waals surface area contributed by atoms with Gasteiger partial charge in [0.15, 0.2) is 0 Å². The highest BCUT2D eigenvalue weighted by molar-refractivity contribution is 5.95. The Bertz CT molecular complexity index is 993. The van der Waals surface area contributed by atoms with Crippen LogP contribution in [-0.4, -0.2) is 49.4 Å². The molecule has 2 aliphatic heterocycles. The number of likely N-dealkylation sites (tertiary alicyclic amines) is 1. The van der Waals surface area contributed by atoms with Gasteiger partial charge in [-0.05, 0) is 48.9 Å². The molecule has 2 amide bonds. The second-order valence-corrected chi connectivity index (χ2v) is 8.94. The molecule has 1 saturated heterocycles. The molecule has 172 valence electrons. The first-order valence-corrected chi connectivity index (χ1v) is 12.0. The largest absolute Gasteiger partial charge is 0.371 e. The number of fused-ring (bicyclic) bond motifs is 1. The van der Waals surface area contributed by atoms with Gasteiger partial charge in [-0.1, -0.05) is 36.4 Å². The summed E-state index contributed by atoms with van der Waals surface area (Å²) >= 11 is 0. The predicted octanol–water partition coefficient (Wildman–Crippen LogP) is 4.01. The van der Waals surface area contributed by atoms with Crippen LogP contribution in [0.25, 0.3) is 0 Å². The van der Waals surface area contributed by atoms with E-state index >= 15 is 0 Å². The number of amides is 2. The number of carbonyl (C=O) groups is 2. The highest BCUT2D eigenvalue weighted by atomic mass is 16.2. The van der Waals surface area contributed by atoms with E-state index in [1.165, 1.54) is 11.3 Å². The van der Waals surface area contributed by atoms with Crippen molar-refractivity contribution >= 4 is 23.2 Å². The molecule has 0 spiro atoms. The maximum absolute atomic E-state index is 12.8. The van der Waals surface area contributed by atoms with Crippen LogP contribution < -0.4 is 9.80 Å². The zero-order chi connectivity index (χ0) is 23.0. The van der Waals surface area contributed by atoms with Crippen LogP contribution in [-0.2, 0) is 16.0 Å². The fraction of sp³-hybridized carbons (Fsp3) is 0.444. The average molecular weight is 445 g/mol. The lowest BCUT2D eigenvalue weighted by Gasteiger charge is -2.34. The molecule has 2 aromatic rings. The van der Waals surface area contributed by atoms with Gasteiger partial charge in [-0.2, -0.15) is 5.26 Å². The number of nitriles is 1. The van der Waals surface area contributed by atoms with E-state index in [-0.39, 0.29) is 31.1 Å². The van der Waals surface area contributed by atoms with Gasteiger partial charge in [-0.3, -0.25) is 9.59 Å². The van der Waals surface area contributed by atoms with Crippen LogP contribution in [0.3, 0.4) is 0 Å². The molecule has 0 bridgehead atoms. The van der Waals surface area contributed by atoms with Crippen molar-refractivity contribution in [3.63, 3.8) is 0 Å². The predicted molar refractivity (Wildman–Crippen MR) is 130 cm³/mol. The van der Waals surface area contributed by atoms with E-state index in [2.05, 4.69) is 35.2 Å². The standard InChI is InChI=1S/C27H32N4O2/c28-16-6-17-31(24-8-2-1-3-9-24)27(33)12-11-26(32)29-18-13-22(14-19-29)21-30-20-15-23-7-4-5-10-25(23)30/h1-5,7-10,22H,6,11-15,17-21H2. The number of hydrogen-bond donors (Lipinski definition) is 0. The normalized spacial score (nSPS) is 15.7. The van der Waals surface area contributed by atoms with Gasteiger partial charge in [0.2, 0.25) is 11.8 Å². The second-order valence-electron chi connectivity index (χ2n) is 8.94. The quantitative estimate of drug-likeness (QED) is 0.617. The summed E-state index contributed by atoms with van der Waals surface area (Å²) in [5.74, 6) is 0.551. The SMILES string of the molecule is N#CCCN(C(=O)CCC(=O)N1CCC(CN2CCc3ccccc32)CC1)c1ccccc1. The van der Waals surface area contributed by atoms with E-state index in [0.717, 1.165) is 51.1 Å². The summed E-state index contributed by atoms with van der Waals surface area (Å²) in [4.78, 5) is 31.6. The summed E-state index contributed by atoms with van der Waals surface area (Å²) in [6.45, 7) is 4.03. The third-order valence-electron chi connectivity index (χ3n) is 6.80. The van der Waals surface area contributed by atoms with Crippen molar-refractivity contribution in [3.05, 3.63) is 60.2 Å². The number of para-hydroxylation sites is 2. The van der Waals surface area contributed by atoms with E-state index in [1.54, 1.807) is 4.90 Å². The van der Waals surface area contributed by atoms with Crippen molar-refractivity contribution in [1.29, 1.82) is 5.26 Å². The number of carbonyl (C=O) groups excluding carboxylic acids is 2. The first-order chi connectivity index (χ1) is 16.2. The first-order valence-electron chi connectivity index (χ1n) is 12.0. The molecule has 0 atom stereocenters. The fourth-order valence-corrected chi connectivity index (χ4v) is 4.95. The topological polar surface area (TPSA) is 67.6 Å². The minimum Gasteiger partial charge on any atom is -0.371 e. The number of hydrogen-bond acceptors (Lipinski definition) is 4. The molecule has 0 unspecified atom stereocenters. The maximum Gasteiger partial charge on any atom is 0.227 e. The third kappa shape index (κ3) is 5.73. The van der Waals surface area contributed by atoms with Crippen molar-refractivity contribution in [2.45, 2.75) is 38.5 Å². The number of anilines is 2. The first kappa shape index (κ1) is 22.8. The Morgan fingerprint density at radius 1 is 0.970 bits per heavy atom. The van der Waals surface area contributed by atoms with Gasteiger partial charge in [0.05, 0.1) is 12.5 Å². The van der Waals surface area contributed by atoms with Gasteiger partial charge < -0.3 is 14.7 Å². The Kier molecular flexibility index (Phi) is 7.62. The number of nitrogens with zero attached hydrogens (tertiary/aromatic N) is 4. The molecule has 6 nitrogen and oxygen atoms in total. The average Bonchev–Trinajstić information content (AvgIpc) is 3.26. The maximum atomic E-state index is 12.8. The summed E-state index contributed by atoms with van der Waals surface area (Å²) in [7, 11) is 0. The van der Waals surface area contributed by atoms with Crippen LogP contribution in [0.15, 0.2) is 54.6 Å². The number of piperidine rings is 1. The number of benzene rings is 2. The van der Waals surface area contributed by atoms with Crippen LogP contribution >= 0.6 is 0 Å². The van der Waals surface area contributed by atoms with Gasteiger partial charge in [0.25, 0.3) is 0 Å². The molecule has 33 heavy (non-hydrogen) atoms. The summed E-state index contributed by atoms with van der Waals surface area (Å²) in [5, 5.41) is 8.94. The van der Waals surface area contributed by atoms with E-state index in [9.17, 15) is 9.59 Å². The van der Waals surface area contributed by atoms with Crippen molar-refractivity contribution in [2.24, 2.45) is 5.92 Å². The molecule has 2 heterocycles. The summed E-state index contributed by atoms with van der Waals surface area (Å²) in [6.07, 6.45) is 3.80. The fourth-order valence-electron chi connectivity index (χ4n) is 4.95. The second kappa shape index (κ2) is 11.0. The Labute approximate surface area is 196 Å². The highest BCUT2D eigenvalue weighted by Gasteiger charge is 2.27. The molecule has 4 rings (SSSR count). The Morgan fingerprint density at radius 3 is 2.45 bits per heavy atom. The van der Waals surface area contributed by atoms with Gasteiger partial charge >= 0.3 is 0 Å². The van der Waals surface area contributed by atoms with Gasteiger partial charge in [-0.25, -0.2) is 0 Å². The van der Waals surface area contributed by atoms with Gasteiger partial charge in [0.1, 0.15) is 0 Å². The zero-order valence-corrected chi connectivity index (χ0v) is 19.2. The zero-order valence-electron chi connectivity index (χ0n) is 19.2. The molecule has 0 aliphatic carbocycles. The van der Waals surface area contributed by atoms with Crippen molar-refractivity contribution in [2.75, 3.05) is 42.5 Å². The van der Waals surface area contributed by atoms with E-state index in [0.29, 0.717) is 12.5 Å². The van der Waals surface area contributed by atoms with E-state index in [1.807, 2.05) is 35.2 Å². The lowest BCUT2D eigenvalue weighted by molar-refractivity contribution is -0.134.